The van der Waals surface area contributed by atoms with Crippen LogP contribution in [0, 0.1) is 22.7 Å². The molecule has 0 fully saturated rings. The smallest absolute Gasteiger partial charge is 0.220 e. The Balaban J connectivity index is 2.94. The number of nitrogens with zero attached hydrogens (tertiary/aromatic N) is 3. The highest BCUT2D eigenvalue weighted by Crippen LogP contribution is 2.16. The summed E-state index contributed by atoms with van der Waals surface area (Å²) in [5.41, 5.74) is 0.542. The predicted octanol–water partition coefficient (Wildman–Crippen LogP) is 0.874. The van der Waals surface area contributed by atoms with Gasteiger partial charge in [-0.1, -0.05) is 12.1 Å². The van der Waals surface area contributed by atoms with Crippen LogP contribution in [0.5, 0.6) is 5.75 Å². The molecule has 0 saturated carbocycles. The number of methoxy groups -OCH3 is 1. The van der Waals surface area contributed by atoms with Crippen molar-refractivity contribution >= 4 is 10.0 Å². The zero-order valence-corrected chi connectivity index (χ0v) is 11.2. The molecule has 1 aromatic carbocycles. The van der Waals surface area contributed by atoms with Gasteiger partial charge in [0, 0.05) is 0 Å². The predicted molar refractivity (Wildman–Crippen MR) is 68.4 cm³/mol. The highest BCUT2D eigenvalue weighted by atomic mass is 32.2. The second-order valence-corrected chi connectivity index (χ2v) is 5.66. The van der Waals surface area contributed by atoms with Crippen LogP contribution in [0.1, 0.15) is 5.56 Å². The van der Waals surface area contributed by atoms with Crippen molar-refractivity contribution in [3.63, 3.8) is 0 Å². The van der Waals surface area contributed by atoms with Crippen molar-refractivity contribution in [2.24, 2.45) is 0 Å². The van der Waals surface area contributed by atoms with Crippen LogP contribution in [0.25, 0.3) is 0 Å². The zero-order chi connectivity index (χ0) is 14.3. The van der Waals surface area contributed by atoms with Crippen molar-refractivity contribution in [1.29, 1.82) is 10.5 Å². The minimum absolute atomic E-state index is 0.270. The summed E-state index contributed by atoms with van der Waals surface area (Å²) in [5.74, 6) is 0.285. The molecule has 0 aliphatic carbocycles. The highest BCUT2D eigenvalue weighted by Gasteiger charge is 2.22. The van der Waals surface area contributed by atoms with E-state index in [1.54, 1.807) is 36.4 Å². The fourth-order valence-corrected chi connectivity index (χ4v) is 2.77. The molecule has 0 heterocycles. The average Bonchev–Trinajstić information content (AvgIpc) is 2.38. The lowest BCUT2D eigenvalue weighted by Crippen LogP contribution is -2.32. The van der Waals surface area contributed by atoms with Gasteiger partial charge in [0.15, 0.2) is 0 Å². The second-order valence-electron chi connectivity index (χ2n) is 3.69. The number of rotatable bonds is 6. The summed E-state index contributed by atoms with van der Waals surface area (Å²) >= 11 is 0. The molecule has 19 heavy (non-hydrogen) atoms. The first-order valence-electron chi connectivity index (χ1n) is 5.38. The van der Waals surface area contributed by atoms with Crippen molar-refractivity contribution in [2.75, 3.05) is 20.2 Å². The maximum absolute atomic E-state index is 12.1. The molecule has 0 radical (unpaired) electrons. The maximum Gasteiger partial charge on any atom is 0.220 e. The monoisotopic (exact) mass is 279 g/mol. The SMILES string of the molecule is COc1cccc(CS(=O)(=O)N(CC#N)CC#N)c1. The molecule has 0 unspecified atom stereocenters. The molecular formula is C12H13N3O3S. The molecule has 0 aromatic heterocycles. The first-order chi connectivity index (χ1) is 9.03. The molecule has 0 bridgehead atoms. The Bertz CT molecular complexity index is 598. The summed E-state index contributed by atoms with van der Waals surface area (Å²) in [7, 11) is -2.20. The van der Waals surface area contributed by atoms with Crippen LogP contribution in [-0.4, -0.2) is 32.9 Å². The highest BCUT2D eigenvalue weighted by molar-refractivity contribution is 7.88. The molecule has 0 amide bonds. The van der Waals surface area contributed by atoms with Gasteiger partial charge >= 0.3 is 0 Å². The molecule has 0 saturated heterocycles. The number of hydrogen-bond acceptors (Lipinski definition) is 5. The lowest BCUT2D eigenvalue weighted by atomic mass is 10.2. The van der Waals surface area contributed by atoms with Crippen molar-refractivity contribution in [3.8, 4) is 17.9 Å². The van der Waals surface area contributed by atoms with E-state index >= 15 is 0 Å². The molecule has 100 valence electrons. The van der Waals surface area contributed by atoms with Crippen LogP contribution in [0.2, 0.25) is 0 Å². The lowest BCUT2D eigenvalue weighted by molar-refractivity contribution is 0.414. The Morgan fingerprint density at radius 1 is 1.26 bits per heavy atom. The third-order valence-electron chi connectivity index (χ3n) is 2.37. The van der Waals surface area contributed by atoms with E-state index in [1.807, 2.05) is 0 Å². The van der Waals surface area contributed by atoms with Gasteiger partial charge in [-0.05, 0) is 17.7 Å². The van der Waals surface area contributed by atoms with Gasteiger partial charge in [-0.2, -0.15) is 14.8 Å². The average molecular weight is 279 g/mol. The third kappa shape index (κ3) is 4.25. The number of benzene rings is 1. The van der Waals surface area contributed by atoms with Crippen molar-refractivity contribution in [1.82, 2.24) is 4.31 Å². The van der Waals surface area contributed by atoms with Gasteiger partial charge < -0.3 is 4.74 Å². The molecule has 0 N–H and O–H groups in total. The first kappa shape index (κ1) is 15.0. The van der Waals surface area contributed by atoms with Crippen LogP contribution in [0.4, 0.5) is 0 Å². The van der Waals surface area contributed by atoms with Crippen LogP contribution in [0.3, 0.4) is 0 Å². The molecule has 7 heteroatoms. The van der Waals surface area contributed by atoms with E-state index < -0.39 is 10.0 Å². The summed E-state index contributed by atoms with van der Waals surface area (Å²) in [6.45, 7) is -0.667. The van der Waals surface area contributed by atoms with E-state index in [-0.39, 0.29) is 18.8 Å². The molecule has 0 spiro atoms. The number of hydrogen-bond donors (Lipinski definition) is 0. The Morgan fingerprint density at radius 3 is 2.42 bits per heavy atom. The fourth-order valence-electron chi connectivity index (χ4n) is 1.47. The molecule has 1 aromatic rings. The van der Waals surface area contributed by atoms with Crippen molar-refractivity contribution in [2.45, 2.75) is 5.75 Å². The number of ether oxygens (including phenoxy) is 1. The van der Waals surface area contributed by atoms with Gasteiger partial charge in [0.25, 0.3) is 0 Å². The molecule has 1 rings (SSSR count). The van der Waals surface area contributed by atoms with Gasteiger partial charge in [-0.3, -0.25) is 0 Å². The van der Waals surface area contributed by atoms with E-state index in [0.717, 1.165) is 4.31 Å². The maximum atomic E-state index is 12.1. The van der Waals surface area contributed by atoms with E-state index in [0.29, 0.717) is 11.3 Å². The molecule has 0 aliphatic heterocycles. The summed E-state index contributed by atoms with van der Waals surface area (Å²) in [6, 6.07) is 10.1. The third-order valence-corrected chi connectivity index (χ3v) is 4.11. The second kappa shape index (κ2) is 6.74. The standard InChI is InChI=1S/C12H13N3O3S/c1-18-12-4-2-3-11(9-12)10-19(16,17)15(7-5-13)8-6-14/h2-4,9H,7-8,10H2,1H3. The van der Waals surface area contributed by atoms with E-state index in [2.05, 4.69) is 0 Å². The Labute approximate surface area is 112 Å². The van der Waals surface area contributed by atoms with Crippen molar-refractivity contribution < 1.29 is 13.2 Å². The molecular weight excluding hydrogens is 266 g/mol. The van der Waals surface area contributed by atoms with Crippen LogP contribution >= 0.6 is 0 Å². The Morgan fingerprint density at radius 2 is 1.89 bits per heavy atom. The van der Waals surface area contributed by atoms with Gasteiger partial charge in [-0.15, -0.1) is 0 Å². The minimum Gasteiger partial charge on any atom is -0.497 e. The fraction of sp³-hybridized carbons (Fsp3) is 0.333. The topological polar surface area (TPSA) is 94.2 Å². The summed E-state index contributed by atoms with van der Waals surface area (Å²) in [5, 5.41) is 17.2. The summed E-state index contributed by atoms with van der Waals surface area (Å²) < 4.78 is 30.0. The van der Waals surface area contributed by atoms with Gasteiger partial charge in [0.1, 0.15) is 18.8 Å². The van der Waals surface area contributed by atoms with Crippen LogP contribution in [-0.2, 0) is 15.8 Å². The normalized spacial score (nSPS) is 10.7. The largest absolute Gasteiger partial charge is 0.497 e. The number of sulfonamides is 1. The van der Waals surface area contributed by atoms with E-state index in [9.17, 15) is 8.42 Å². The number of nitriles is 2. The Kier molecular flexibility index (Phi) is 5.31. The zero-order valence-electron chi connectivity index (χ0n) is 10.4. The van der Waals surface area contributed by atoms with Crippen LogP contribution in [0.15, 0.2) is 24.3 Å². The van der Waals surface area contributed by atoms with Gasteiger partial charge in [-0.25, -0.2) is 8.42 Å². The van der Waals surface area contributed by atoms with E-state index in [1.165, 1.54) is 7.11 Å². The van der Waals surface area contributed by atoms with Crippen molar-refractivity contribution in [3.05, 3.63) is 29.8 Å². The molecule has 0 aliphatic rings. The first-order valence-corrected chi connectivity index (χ1v) is 6.99. The minimum atomic E-state index is -3.69. The quantitative estimate of drug-likeness (QED) is 0.720. The van der Waals surface area contributed by atoms with Gasteiger partial charge in [0.05, 0.1) is 25.0 Å². The Hall–Kier alpha value is -2.09. The van der Waals surface area contributed by atoms with E-state index in [4.69, 9.17) is 15.3 Å². The molecule has 6 nitrogen and oxygen atoms in total. The van der Waals surface area contributed by atoms with Gasteiger partial charge in [0.2, 0.25) is 10.0 Å². The lowest BCUT2D eigenvalue weighted by Gasteiger charge is -2.16. The van der Waals surface area contributed by atoms with Crippen LogP contribution < -0.4 is 4.74 Å². The molecule has 0 atom stereocenters. The summed E-state index contributed by atoms with van der Waals surface area (Å²) in [4.78, 5) is 0. The summed E-state index contributed by atoms with van der Waals surface area (Å²) in [6.07, 6.45) is 0.